The van der Waals surface area contributed by atoms with E-state index < -0.39 is 5.24 Å². The molecule has 1 aromatic carbocycles. The van der Waals surface area contributed by atoms with E-state index in [2.05, 4.69) is 36.1 Å². The molecular formula is C22H20Cl3N3O2. The summed E-state index contributed by atoms with van der Waals surface area (Å²) in [5.74, 6) is -0.197. The molecule has 156 valence electrons. The molecular weight excluding hydrogens is 445 g/mol. The second-order valence-corrected chi connectivity index (χ2v) is 8.36. The number of benzene rings is 1. The molecule has 0 aliphatic carbocycles. The summed E-state index contributed by atoms with van der Waals surface area (Å²) in [6.45, 7) is 6.46. The van der Waals surface area contributed by atoms with Gasteiger partial charge in [0.15, 0.2) is 0 Å². The first-order chi connectivity index (χ1) is 14.1. The number of nitrogens with one attached hydrogen (secondary N) is 1. The van der Waals surface area contributed by atoms with E-state index in [1.165, 1.54) is 24.0 Å². The highest BCUT2D eigenvalue weighted by atomic mass is 35.5. The number of halogens is 3. The number of amides is 1. The molecule has 5 nitrogen and oxygen atoms in total. The fourth-order valence-electron chi connectivity index (χ4n) is 2.30. The summed E-state index contributed by atoms with van der Waals surface area (Å²) in [7, 11) is 0. The molecule has 0 aliphatic rings. The zero-order valence-corrected chi connectivity index (χ0v) is 18.9. The molecule has 1 N–H and O–H groups in total. The summed E-state index contributed by atoms with van der Waals surface area (Å²) >= 11 is 16.3. The van der Waals surface area contributed by atoms with Crippen LogP contribution >= 0.6 is 34.8 Å². The number of carbonyl (C=O) groups is 2. The maximum Gasteiger partial charge on any atom is 0.257 e. The number of hydrogen-bond acceptors (Lipinski definition) is 4. The summed E-state index contributed by atoms with van der Waals surface area (Å²) in [6, 6.07) is 14.2. The van der Waals surface area contributed by atoms with Crippen LogP contribution in [0.15, 0.2) is 60.9 Å². The van der Waals surface area contributed by atoms with Gasteiger partial charge in [-0.05, 0) is 59.0 Å². The lowest BCUT2D eigenvalue weighted by Crippen LogP contribution is -2.13. The second kappa shape index (κ2) is 10.5. The van der Waals surface area contributed by atoms with Crippen LogP contribution in [-0.2, 0) is 5.41 Å². The fraction of sp³-hybridized carbons (Fsp3) is 0.182. The third-order valence-electron chi connectivity index (χ3n) is 3.97. The topological polar surface area (TPSA) is 72.0 Å². The van der Waals surface area contributed by atoms with Crippen LogP contribution in [0.2, 0.25) is 10.3 Å². The first-order valence-electron chi connectivity index (χ1n) is 8.91. The van der Waals surface area contributed by atoms with Gasteiger partial charge in [0.25, 0.3) is 11.1 Å². The van der Waals surface area contributed by atoms with Gasteiger partial charge in [-0.2, -0.15) is 0 Å². The van der Waals surface area contributed by atoms with Gasteiger partial charge in [0.2, 0.25) is 0 Å². The molecule has 0 fully saturated rings. The Labute approximate surface area is 190 Å². The van der Waals surface area contributed by atoms with Gasteiger partial charge in [-0.25, -0.2) is 9.97 Å². The van der Waals surface area contributed by atoms with Crippen LogP contribution in [0.25, 0.3) is 0 Å². The van der Waals surface area contributed by atoms with Crippen molar-refractivity contribution in [2.75, 3.05) is 5.32 Å². The monoisotopic (exact) mass is 463 g/mol. The third-order valence-corrected chi connectivity index (χ3v) is 4.70. The number of pyridine rings is 2. The highest BCUT2D eigenvalue weighted by molar-refractivity contribution is 6.68. The predicted molar refractivity (Wildman–Crippen MR) is 122 cm³/mol. The van der Waals surface area contributed by atoms with Crippen molar-refractivity contribution >= 4 is 51.6 Å². The summed E-state index contributed by atoms with van der Waals surface area (Å²) in [5.41, 5.74) is 2.81. The number of hydrogen-bond donors (Lipinski definition) is 1. The normalized spacial score (nSPS) is 10.6. The van der Waals surface area contributed by atoms with Crippen molar-refractivity contribution in [2.24, 2.45) is 0 Å². The van der Waals surface area contributed by atoms with Gasteiger partial charge in [-0.15, -0.1) is 0 Å². The SMILES string of the molecule is CC(C)(C)c1ccc(NC(=O)c2ccc(Cl)nc2)cc1.O=C(Cl)c1cccnc1Cl. The first kappa shape index (κ1) is 23.8. The smallest absolute Gasteiger partial charge is 0.257 e. The van der Waals surface area contributed by atoms with Crippen molar-refractivity contribution in [3.8, 4) is 0 Å². The molecule has 0 saturated carbocycles. The van der Waals surface area contributed by atoms with E-state index in [4.69, 9.17) is 34.8 Å². The first-order valence-corrected chi connectivity index (χ1v) is 10.0. The Hall–Kier alpha value is -2.47. The fourth-order valence-corrected chi connectivity index (χ4v) is 2.82. The van der Waals surface area contributed by atoms with Gasteiger partial charge in [-0.3, -0.25) is 9.59 Å². The maximum atomic E-state index is 12.0. The van der Waals surface area contributed by atoms with Gasteiger partial charge in [-0.1, -0.05) is 56.1 Å². The minimum atomic E-state index is -0.585. The van der Waals surface area contributed by atoms with Crippen molar-refractivity contribution in [1.29, 1.82) is 0 Å². The van der Waals surface area contributed by atoms with Gasteiger partial charge in [0.05, 0.1) is 11.1 Å². The summed E-state index contributed by atoms with van der Waals surface area (Å²) < 4.78 is 0. The molecule has 0 atom stereocenters. The average molecular weight is 465 g/mol. The summed E-state index contributed by atoms with van der Waals surface area (Å²) in [5, 5.41) is 2.76. The van der Waals surface area contributed by atoms with E-state index in [0.29, 0.717) is 10.7 Å². The Morgan fingerprint density at radius 2 is 1.60 bits per heavy atom. The molecule has 2 heterocycles. The Kier molecular flexibility index (Phi) is 8.35. The molecule has 0 radical (unpaired) electrons. The van der Waals surface area contributed by atoms with Crippen molar-refractivity contribution in [1.82, 2.24) is 9.97 Å². The van der Waals surface area contributed by atoms with E-state index in [9.17, 15) is 9.59 Å². The Bertz CT molecular complexity index is 1020. The number of anilines is 1. The van der Waals surface area contributed by atoms with Crippen molar-refractivity contribution in [3.63, 3.8) is 0 Å². The molecule has 0 unspecified atom stereocenters. The van der Waals surface area contributed by atoms with E-state index in [1.807, 2.05) is 24.3 Å². The van der Waals surface area contributed by atoms with Crippen LogP contribution in [-0.4, -0.2) is 21.1 Å². The zero-order valence-electron chi connectivity index (χ0n) is 16.6. The molecule has 8 heteroatoms. The summed E-state index contributed by atoms with van der Waals surface area (Å²) in [4.78, 5) is 30.1. The number of carbonyl (C=O) groups excluding carboxylic acids is 2. The van der Waals surface area contributed by atoms with E-state index in [-0.39, 0.29) is 22.0 Å². The van der Waals surface area contributed by atoms with Gasteiger partial charge < -0.3 is 5.32 Å². The average Bonchev–Trinajstić information content (AvgIpc) is 2.69. The zero-order chi connectivity index (χ0) is 22.3. The van der Waals surface area contributed by atoms with Crippen LogP contribution in [0.5, 0.6) is 0 Å². The highest BCUT2D eigenvalue weighted by Gasteiger charge is 2.13. The van der Waals surface area contributed by atoms with Crippen LogP contribution in [0.4, 0.5) is 5.69 Å². The van der Waals surface area contributed by atoms with E-state index in [1.54, 1.807) is 18.2 Å². The van der Waals surface area contributed by atoms with Crippen molar-refractivity contribution in [3.05, 3.63) is 87.9 Å². The van der Waals surface area contributed by atoms with Crippen LogP contribution < -0.4 is 5.32 Å². The van der Waals surface area contributed by atoms with Gasteiger partial charge in [0.1, 0.15) is 10.3 Å². The lowest BCUT2D eigenvalue weighted by molar-refractivity contribution is 0.102. The Morgan fingerprint density at radius 1 is 0.933 bits per heavy atom. The highest BCUT2D eigenvalue weighted by Crippen LogP contribution is 2.23. The lowest BCUT2D eigenvalue weighted by Gasteiger charge is -2.19. The van der Waals surface area contributed by atoms with Crippen LogP contribution in [0.1, 0.15) is 47.1 Å². The predicted octanol–water partition coefficient (Wildman–Crippen LogP) is 6.40. The number of rotatable bonds is 3. The lowest BCUT2D eigenvalue weighted by atomic mass is 9.87. The Balaban J connectivity index is 0.000000269. The summed E-state index contributed by atoms with van der Waals surface area (Å²) in [6.07, 6.45) is 2.95. The third kappa shape index (κ3) is 7.10. The van der Waals surface area contributed by atoms with Crippen LogP contribution in [0, 0.1) is 0 Å². The largest absolute Gasteiger partial charge is 0.322 e. The van der Waals surface area contributed by atoms with E-state index >= 15 is 0 Å². The van der Waals surface area contributed by atoms with Crippen LogP contribution in [0.3, 0.4) is 0 Å². The molecule has 1 amide bonds. The van der Waals surface area contributed by atoms with Gasteiger partial charge >= 0.3 is 0 Å². The standard InChI is InChI=1S/C16H17ClN2O.C6H3Cl2NO/c1-16(2,3)12-5-7-13(8-6-12)19-15(20)11-4-9-14(17)18-10-11;7-5-4(6(8)10)2-1-3-9-5/h4-10H,1-3H3,(H,19,20);1-3H. The molecule has 0 bridgehead atoms. The molecule has 3 rings (SSSR count). The molecule has 3 aromatic rings. The number of nitrogens with zero attached hydrogens (tertiary/aromatic N) is 2. The van der Waals surface area contributed by atoms with Gasteiger partial charge in [0, 0.05) is 18.1 Å². The molecule has 2 aromatic heterocycles. The quantitative estimate of drug-likeness (QED) is 0.359. The maximum absolute atomic E-state index is 12.0. The minimum absolute atomic E-state index is 0.0998. The molecule has 0 spiro atoms. The molecule has 30 heavy (non-hydrogen) atoms. The Morgan fingerprint density at radius 3 is 2.07 bits per heavy atom. The molecule has 0 saturated heterocycles. The second-order valence-electron chi connectivity index (χ2n) is 7.27. The van der Waals surface area contributed by atoms with E-state index in [0.717, 1.165) is 5.69 Å². The molecule has 0 aliphatic heterocycles. The van der Waals surface area contributed by atoms with Crippen molar-refractivity contribution in [2.45, 2.75) is 26.2 Å². The van der Waals surface area contributed by atoms with Crippen molar-refractivity contribution < 1.29 is 9.59 Å². The number of aromatic nitrogens is 2. The minimum Gasteiger partial charge on any atom is -0.322 e.